The lowest BCUT2D eigenvalue weighted by Crippen LogP contribution is -2.44. The summed E-state index contributed by atoms with van der Waals surface area (Å²) in [5.74, 6) is 0.925. The maximum atomic E-state index is 6.03. The van der Waals surface area contributed by atoms with Crippen molar-refractivity contribution >= 4 is 17.2 Å². The molecular weight excluding hydrogens is 278 g/mol. The minimum atomic E-state index is 0.313. The van der Waals surface area contributed by atoms with Crippen LogP contribution in [0.3, 0.4) is 0 Å². The van der Waals surface area contributed by atoms with Crippen LogP contribution >= 0.6 is 0 Å². The summed E-state index contributed by atoms with van der Waals surface area (Å²) < 4.78 is 5.47. The molecule has 0 unspecified atom stereocenters. The molecular formula is C16H21N5O. The van der Waals surface area contributed by atoms with Gasteiger partial charge in [-0.05, 0) is 19.1 Å². The van der Waals surface area contributed by atoms with E-state index in [0.717, 1.165) is 37.0 Å². The van der Waals surface area contributed by atoms with Crippen LogP contribution in [0.1, 0.15) is 12.6 Å². The molecule has 1 saturated heterocycles. The number of aromatic nitrogens is 2. The van der Waals surface area contributed by atoms with Crippen LogP contribution in [-0.4, -0.2) is 35.8 Å². The number of nitrogens with zero attached hydrogens (tertiary/aromatic N) is 3. The Morgan fingerprint density at radius 1 is 1.41 bits per heavy atom. The molecule has 0 aromatic carbocycles. The fourth-order valence-corrected chi connectivity index (χ4v) is 2.52. The smallest absolute Gasteiger partial charge is 0.131 e. The Bertz CT molecular complexity index is 619. The van der Waals surface area contributed by atoms with Gasteiger partial charge in [-0.3, -0.25) is 4.98 Å². The van der Waals surface area contributed by atoms with E-state index < -0.39 is 0 Å². The monoisotopic (exact) mass is 299 g/mol. The van der Waals surface area contributed by atoms with Crippen LogP contribution < -0.4 is 16.0 Å². The van der Waals surface area contributed by atoms with Crippen molar-refractivity contribution in [3.05, 3.63) is 42.4 Å². The Morgan fingerprint density at radius 3 is 3.09 bits per heavy atom. The van der Waals surface area contributed by atoms with Crippen molar-refractivity contribution in [2.45, 2.75) is 19.5 Å². The molecule has 3 heterocycles. The van der Waals surface area contributed by atoms with Crippen molar-refractivity contribution in [3.8, 4) is 0 Å². The Morgan fingerprint density at radius 2 is 2.32 bits per heavy atom. The standard InChI is InChI=1S/C16H21N5O/c1-12-11-22-7-6-21(12)16-8-15(14(17)10-20-16)19-9-13-4-2-3-5-18-13/h2-5,8,10,12H,6-7,9,11,17H2,1H3,(H,19,20)/t12-/m0/s1. The number of ether oxygens (including phenoxy) is 1. The second-order valence-electron chi connectivity index (χ2n) is 5.42. The zero-order valence-corrected chi connectivity index (χ0v) is 12.7. The molecule has 116 valence electrons. The molecule has 0 spiro atoms. The summed E-state index contributed by atoms with van der Waals surface area (Å²) in [6.45, 7) is 5.07. The van der Waals surface area contributed by atoms with Gasteiger partial charge in [-0.2, -0.15) is 0 Å². The first-order valence-corrected chi connectivity index (χ1v) is 7.48. The molecule has 22 heavy (non-hydrogen) atoms. The third-order valence-electron chi connectivity index (χ3n) is 3.77. The maximum absolute atomic E-state index is 6.03. The van der Waals surface area contributed by atoms with Gasteiger partial charge in [0.15, 0.2) is 0 Å². The van der Waals surface area contributed by atoms with Crippen LogP contribution in [0.2, 0.25) is 0 Å². The molecule has 0 radical (unpaired) electrons. The predicted molar refractivity (Wildman–Crippen MR) is 87.8 cm³/mol. The zero-order chi connectivity index (χ0) is 15.4. The lowest BCUT2D eigenvalue weighted by atomic mass is 10.2. The van der Waals surface area contributed by atoms with Gasteiger partial charge in [0.25, 0.3) is 0 Å². The molecule has 1 aliphatic heterocycles. The van der Waals surface area contributed by atoms with Crippen LogP contribution in [0.4, 0.5) is 17.2 Å². The van der Waals surface area contributed by atoms with E-state index in [-0.39, 0.29) is 0 Å². The average Bonchev–Trinajstić information content (AvgIpc) is 2.56. The zero-order valence-electron chi connectivity index (χ0n) is 12.7. The Balaban J connectivity index is 1.75. The number of hydrogen-bond acceptors (Lipinski definition) is 6. The van der Waals surface area contributed by atoms with E-state index in [1.165, 1.54) is 0 Å². The van der Waals surface area contributed by atoms with Gasteiger partial charge in [-0.25, -0.2) is 4.98 Å². The van der Waals surface area contributed by atoms with E-state index in [2.05, 4.69) is 27.1 Å². The summed E-state index contributed by atoms with van der Waals surface area (Å²) >= 11 is 0. The molecule has 2 aromatic heterocycles. The summed E-state index contributed by atoms with van der Waals surface area (Å²) in [4.78, 5) is 11.0. The summed E-state index contributed by atoms with van der Waals surface area (Å²) in [6.07, 6.45) is 3.49. The van der Waals surface area contributed by atoms with Crippen LogP contribution in [-0.2, 0) is 11.3 Å². The van der Waals surface area contributed by atoms with E-state index >= 15 is 0 Å². The minimum Gasteiger partial charge on any atom is -0.396 e. The van der Waals surface area contributed by atoms with Gasteiger partial charge in [0.1, 0.15) is 5.82 Å². The quantitative estimate of drug-likeness (QED) is 0.898. The van der Waals surface area contributed by atoms with Crippen molar-refractivity contribution in [3.63, 3.8) is 0 Å². The van der Waals surface area contributed by atoms with Gasteiger partial charge in [-0.1, -0.05) is 6.07 Å². The molecule has 0 saturated carbocycles. The second-order valence-corrected chi connectivity index (χ2v) is 5.42. The lowest BCUT2D eigenvalue weighted by molar-refractivity contribution is 0.0985. The third-order valence-corrected chi connectivity index (χ3v) is 3.77. The highest BCUT2D eigenvalue weighted by Gasteiger charge is 2.20. The fraction of sp³-hybridized carbons (Fsp3) is 0.375. The van der Waals surface area contributed by atoms with Crippen molar-refractivity contribution in [2.75, 3.05) is 35.7 Å². The highest BCUT2D eigenvalue weighted by atomic mass is 16.5. The number of pyridine rings is 2. The van der Waals surface area contributed by atoms with Gasteiger partial charge in [0.2, 0.25) is 0 Å². The van der Waals surface area contributed by atoms with Crippen molar-refractivity contribution in [1.29, 1.82) is 0 Å². The Kier molecular flexibility index (Phi) is 4.39. The first kappa shape index (κ1) is 14.6. The van der Waals surface area contributed by atoms with Gasteiger partial charge in [0, 0.05) is 18.8 Å². The molecule has 2 aromatic rings. The van der Waals surface area contributed by atoms with E-state index in [9.17, 15) is 0 Å². The third kappa shape index (κ3) is 3.28. The lowest BCUT2D eigenvalue weighted by Gasteiger charge is -2.34. The van der Waals surface area contributed by atoms with Crippen molar-refractivity contribution < 1.29 is 4.74 Å². The second kappa shape index (κ2) is 6.62. The van der Waals surface area contributed by atoms with E-state index in [0.29, 0.717) is 18.3 Å². The summed E-state index contributed by atoms with van der Waals surface area (Å²) in [7, 11) is 0. The van der Waals surface area contributed by atoms with Gasteiger partial charge in [0.05, 0.1) is 49.1 Å². The average molecular weight is 299 g/mol. The summed E-state index contributed by atoms with van der Waals surface area (Å²) in [6, 6.07) is 8.17. The van der Waals surface area contributed by atoms with Crippen molar-refractivity contribution in [1.82, 2.24) is 9.97 Å². The number of nitrogen functional groups attached to an aromatic ring is 1. The summed E-state index contributed by atoms with van der Waals surface area (Å²) in [5.41, 5.74) is 8.52. The molecule has 1 aliphatic rings. The highest BCUT2D eigenvalue weighted by molar-refractivity contribution is 5.69. The maximum Gasteiger partial charge on any atom is 0.131 e. The van der Waals surface area contributed by atoms with Crippen LogP contribution in [0.5, 0.6) is 0 Å². The SMILES string of the molecule is C[C@H]1COCCN1c1cc(NCc2ccccn2)c(N)cn1. The molecule has 0 bridgehead atoms. The van der Waals surface area contributed by atoms with Crippen LogP contribution in [0, 0.1) is 0 Å². The molecule has 3 N–H and O–H groups in total. The number of anilines is 3. The van der Waals surface area contributed by atoms with Crippen LogP contribution in [0.15, 0.2) is 36.7 Å². The number of morpholine rings is 1. The van der Waals surface area contributed by atoms with Gasteiger partial charge in [-0.15, -0.1) is 0 Å². The van der Waals surface area contributed by atoms with Crippen LogP contribution in [0.25, 0.3) is 0 Å². The molecule has 3 rings (SSSR count). The van der Waals surface area contributed by atoms with Gasteiger partial charge < -0.3 is 20.7 Å². The largest absolute Gasteiger partial charge is 0.396 e. The number of hydrogen-bond donors (Lipinski definition) is 2. The number of nitrogens with two attached hydrogens (primary N) is 1. The van der Waals surface area contributed by atoms with E-state index in [1.54, 1.807) is 12.4 Å². The van der Waals surface area contributed by atoms with Crippen molar-refractivity contribution in [2.24, 2.45) is 0 Å². The molecule has 6 nitrogen and oxygen atoms in total. The molecule has 0 aliphatic carbocycles. The topological polar surface area (TPSA) is 76.3 Å². The minimum absolute atomic E-state index is 0.313. The Labute approximate surface area is 130 Å². The molecule has 1 atom stereocenters. The first-order valence-electron chi connectivity index (χ1n) is 7.48. The van der Waals surface area contributed by atoms with E-state index in [1.807, 2.05) is 24.3 Å². The fourth-order valence-electron chi connectivity index (χ4n) is 2.52. The molecule has 0 amide bonds. The van der Waals surface area contributed by atoms with E-state index in [4.69, 9.17) is 10.5 Å². The molecule has 1 fully saturated rings. The number of nitrogens with one attached hydrogen (secondary N) is 1. The van der Waals surface area contributed by atoms with Gasteiger partial charge >= 0.3 is 0 Å². The highest BCUT2D eigenvalue weighted by Crippen LogP contribution is 2.25. The number of rotatable bonds is 4. The summed E-state index contributed by atoms with van der Waals surface area (Å²) in [5, 5.41) is 3.34. The first-order chi connectivity index (χ1) is 10.7. The molecule has 6 heteroatoms. The Hall–Kier alpha value is -2.34. The predicted octanol–water partition coefficient (Wildman–Crippen LogP) is 1.90. The normalized spacial score (nSPS) is 18.2.